The summed E-state index contributed by atoms with van der Waals surface area (Å²) in [5.41, 5.74) is 1.32. The van der Waals surface area contributed by atoms with E-state index in [1.54, 1.807) is 0 Å². The van der Waals surface area contributed by atoms with Crippen molar-refractivity contribution in [3.8, 4) is 0 Å². The molecule has 0 aliphatic heterocycles. The number of hydrogen-bond donors (Lipinski definition) is 0. The van der Waals surface area contributed by atoms with Gasteiger partial charge in [-0.1, -0.05) is 35.9 Å². The molecule has 0 aliphatic carbocycles. The molecule has 1 aromatic carbocycles. The summed E-state index contributed by atoms with van der Waals surface area (Å²) in [5, 5.41) is 0. The van der Waals surface area contributed by atoms with Crippen LogP contribution in [0.4, 0.5) is 0 Å². The largest absolute Gasteiger partial charge is 0.307 e. The maximum absolute atomic E-state index is 9.44. The van der Waals surface area contributed by atoms with Gasteiger partial charge in [0.2, 0.25) is 0 Å². The Morgan fingerprint density at radius 1 is 1.08 bits per heavy atom. The first kappa shape index (κ1) is 14.1. The van der Waals surface area contributed by atoms with Crippen LogP contribution in [0.1, 0.15) is 19.4 Å². The lowest BCUT2D eigenvalue weighted by Gasteiger charge is -1.82. The number of benzene rings is 1. The van der Waals surface area contributed by atoms with Crippen molar-refractivity contribution in [2.75, 3.05) is 0 Å². The molecule has 72 valence electrons. The van der Waals surface area contributed by atoms with Crippen molar-refractivity contribution >= 4 is 12.6 Å². The van der Waals surface area contributed by atoms with Crippen LogP contribution in [-0.4, -0.2) is 12.6 Å². The summed E-state index contributed by atoms with van der Waals surface area (Å²) < 4.78 is 0. The van der Waals surface area contributed by atoms with Crippen LogP contribution in [0.2, 0.25) is 0 Å². The molecule has 0 saturated carbocycles. The minimum absolute atomic E-state index is 0.167. The number of hydrogen-bond acceptors (Lipinski definition) is 2. The highest BCUT2D eigenvalue weighted by Gasteiger charge is 1.72. The van der Waals surface area contributed by atoms with Crippen LogP contribution in [0, 0.1) is 6.92 Å². The van der Waals surface area contributed by atoms with Gasteiger partial charge in [0, 0.05) is 0 Å². The van der Waals surface area contributed by atoms with Crippen molar-refractivity contribution in [2.24, 2.45) is 0 Å². The molecule has 0 atom stereocenters. The van der Waals surface area contributed by atoms with Gasteiger partial charge in [0.25, 0.3) is 0 Å². The van der Waals surface area contributed by atoms with Crippen LogP contribution < -0.4 is 0 Å². The van der Waals surface area contributed by atoms with E-state index in [2.05, 4.69) is 19.1 Å². The second-order valence-electron chi connectivity index (χ2n) is 2.56. The van der Waals surface area contributed by atoms with E-state index in [4.69, 9.17) is 4.79 Å². The third-order valence-electron chi connectivity index (χ3n) is 0.940. The minimum Gasteiger partial charge on any atom is -0.307 e. The fraction of sp³-hybridized carbons (Fsp3) is 0.273. The normalized spacial score (nSPS) is 7.00. The first-order chi connectivity index (χ1) is 6.13. The first-order valence-corrected chi connectivity index (χ1v) is 3.90. The molecule has 0 saturated heterocycles. The molecule has 0 N–H and O–H groups in total. The van der Waals surface area contributed by atoms with E-state index in [0.29, 0.717) is 0 Å². The first-order valence-electron chi connectivity index (χ1n) is 3.90. The molecule has 0 amide bonds. The molecule has 0 bridgehead atoms. The lowest BCUT2D eigenvalue weighted by Crippen LogP contribution is -1.69. The second-order valence-corrected chi connectivity index (χ2v) is 2.56. The third kappa shape index (κ3) is 18.0. The molecule has 0 aromatic heterocycles. The lowest BCUT2D eigenvalue weighted by molar-refractivity contribution is -0.115. The molecular formula is C11H16O2. The van der Waals surface area contributed by atoms with Crippen LogP contribution in [0.15, 0.2) is 30.3 Å². The van der Waals surface area contributed by atoms with Gasteiger partial charge >= 0.3 is 0 Å². The van der Waals surface area contributed by atoms with E-state index >= 15 is 0 Å². The molecule has 0 aliphatic rings. The molecule has 0 spiro atoms. The summed E-state index contributed by atoms with van der Waals surface area (Å²) in [6.45, 7) is 7.14. The molecular weight excluding hydrogens is 164 g/mol. The third-order valence-corrected chi connectivity index (χ3v) is 0.940. The fourth-order valence-electron chi connectivity index (χ4n) is 0.534. The van der Waals surface area contributed by atoms with Crippen molar-refractivity contribution in [3.05, 3.63) is 35.9 Å². The zero-order valence-corrected chi connectivity index (χ0v) is 8.41. The van der Waals surface area contributed by atoms with Gasteiger partial charge in [-0.2, -0.15) is 0 Å². The average Bonchev–Trinajstić information content (AvgIpc) is 2.08. The number of ketones is 1. The summed E-state index contributed by atoms with van der Waals surface area (Å²) in [5.74, 6) is 0.167. The van der Waals surface area contributed by atoms with Gasteiger partial charge in [-0.15, -0.1) is 0 Å². The van der Waals surface area contributed by atoms with Gasteiger partial charge in [0.15, 0.2) is 0 Å². The SMILES string of the molecule is C=O.CC(C)=O.Cc1ccccc1. The van der Waals surface area contributed by atoms with Gasteiger partial charge in [-0.25, -0.2) is 0 Å². The van der Waals surface area contributed by atoms with E-state index < -0.39 is 0 Å². The molecule has 1 rings (SSSR count). The zero-order chi connectivity index (χ0) is 10.7. The molecule has 2 heteroatoms. The summed E-state index contributed by atoms with van der Waals surface area (Å²) >= 11 is 0. The van der Waals surface area contributed by atoms with Crippen LogP contribution in [-0.2, 0) is 9.59 Å². The number of rotatable bonds is 0. The monoisotopic (exact) mass is 180 g/mol. The number of Topliss-reactive ketones (excluding diaryl/α,β-unsaturated/α-hetero) is 1. The van der Waals surface area contributed by atoms with Gasteiger partial charge in [-0.05, 0) is 20.8 Å². The van der Waals surface area contributed by atoms with E-state index in [9.17, 15) is 4.79 Å². The van der Waals surface area contributed by atoms with Gasteiger partial charge < -0.3 is 9.59 Å². The van der Waals surface area contributed by atoms with E-state index in [-0.39, 0.29) is 5.78 Å². The highest BCUT2D eigenvalue weighted by molar-refractivity contribution is 5.72. The van der Waals surface area contributed by atoms with E-state index in [0.717, 1.165) is 0 Å². The number of aryl methyl sites for hydroxylation is 1. The lowest BCUT2D eigenvalue weighted by atomic mass is 10.2. The van der Waals surface area contributed by atoms with Crippen molar-refractivity contribution < 1.29 is 9.59 Å². The van der Waals surface area contributed by atoms with Gasteiger partial charge in [0.1, 0.15) is 12.6 Å². The predicted octanol–water partition coefficient (Wildman–Crippen LogP) is 2.41. The van der Waals surface area contributed by atoms with Crippen molar-refractivity contribution in [2.45, 2.75) is 20.8 Å². The number of carbonyl (C=O) groups is 2. The molecule has 2 nitrogen and oxygen atoms in total. The second kappa shape index (κ2) is 10.6. The standard InChI is InChI=1S/C7H8.C3H6O.CH2O/c1-7-5-3-2-4-6-7;1-3(2)4;1-2/h2-6H,1H3;1-2H3;1H2. The zero-order valence-electron chi connectivity index (χ0n) is 8.41. The predicted molar refractivity (Wildman–Crippen MR) is 54.7 cm³/mol. The topological polar surface area (TPSA) is 34.1 Å². The van der Waals surface area contributed by atoms with Crippen LogP contribution >= 0.6 is 0 Å². The Morgan fingerprint density at radius 3 is 1.54 bits per heavy atom. The van der Waals surface area contributed by atoms with Crippen molar-refractivity contribution in [1.29, 1.82) is 0 Å². The maximum atomic E-state index is 9.44. The molecule has 0 unspecified atom stereocenters. The fourth-order valence-corrected chi connectivity index (χ4v) is 0.534. The molecule has 0 fully saturated rings. The van der Waals surface area contributed by atoms with Gasteiger partial charge in [-0.3, -0.25) is 0 Å². The molecule has 0 heterocycles. The molecule has 1 aromatic rings. The Hall–Kier alpha value is -1.44. The molecule has 13 heavy (non-hydrogen) atoms. The van der Waals surface area contributed by atoms with Gasteiger partial charge in [0.05, 0.1) is 0 Å². The highest BCUT2D eigenvalue weighted by Crippen LogP contribution is 1.92. The maximum Gasteiger partial charge on any atom is 0.126 e. The van der Waals surface area contributed by atoms with Crippen LogP contribution in [0.3, 0.4) is 0 Å². The minimum atomic E-state index is 0.167. The Labute approximate surface area is 79.6 Å². The number of carbonyl (C=O) groups excluding carboxylic acids is 2. The Kier molecular flexibility index (Phi) is 11.5. The van der Waals surface area contributed by atoms with Crippen LogP contribution in [0.5, 0.6) is 0 Å². The molecule has 0 radical (unpaired) electrons. The smallest absolute Gasteiger partial charge is 0.126 e. The quantitative estimate of drug-likeness (QED) is 0.614. The summed E-state index contributed by atoms with van der Waals surface area (Å²) in [6.07, 6.45) is 0. The van der Waals surface area contributed by atoms with Crippen LogP contribution in [0.25, 0.3) is 0 Å². The summed E-state index contributed by atoms with van der Waals surface area (Å²) in [4.78, 5) is 17.4. The highest BCUT2D eigenvalue weighted by atomic mass is 16.1. The summed E-state index contributed by atoms with van der Waals surface area (Å²) in [6, 6.07) is 10.3. The average molecular weight is 180 g/mol. The summed E-state index contributed by atoms with van der Waals surface area (Å²) in [7, 11) is 0. The van der Waals surface area contributed by atoms with E-state index in [1.165, 1.54) is 19.4 Å². The Morgan fingerprint density at radius 2 is 1.38 bits per heavy atom. The van der Waals surface area contributed by atoms with E-state index in [1.807, 2.05) is 25.0 Å². The van der Waals surface area contributed by atoms with Crippen molar-refractivity contribution in [1.82, 2.24) is 0 Å². The Bertz CT molecular complexity index is 213. The Balaban J connectivity index is 0. The van der Waals surface area contributed by atoms with Crippen molar-refractivity contribution in [3.63, 3.8) is 0 Å².